The lowest BCUT2D eigenvalue weighted by Gasteiger charge is -2.33. The first-order valence-corrected chi connectivity index (χ1v) is 12.2. The van der Waals surface area contributed by atoms with Crippen molar-refractivity contribution in [3.63, 3.8) is 0 Å². The van der Waals surface area contributed by atoms with Crippen LogP contribution in [-0.2, 0) is 14.8 Å². The van der Waals surface area contributed by atoms with Crippen LogP contribution in [0.3, 0.4) is 0 Å². The van der Waals surface area contributed by atoms with Crippen LogP contribution in [-0.4, -0.2) is 80.2 Å². The van der Waals surface area contributed by atoms with E-state index in [1.165, 1.54) is 16.4 Å². The van der Waals surface area contributed by atoms with Crippen LogP contribution < -0.4 is 5.32 Å². The number of hydrogen-bond donors (Lipinski definition) is 1. The molecule has 1 saturated heterocycles. The molecule has 0 atom stereocenters. The van der Waals surface area contributed by atoms with Gasteiger partial charge in [-0.25, -0.2) is 8.42 Å². The number of benzene rings is 1. The molecule has 2 amide bonds. The van der Waals surface area contributed by atoms with Gasteiger partial charge in [0.15, 0.2) is 5.76 Å². The summed E-state index contributed by atoms with van der Waals surface area (Å²) in [5, 5.41) is 2.80. The number of carbonyl (C=O) groups is 2. The molecule has 0 bridgehead atoms. The standard InChI is InChI=1S/C22H30N4O5S/c1-4-26(5-2)32(29,30)19-9-7-18(8-10-19)23-21(27)16-24-12-14-25(15-13-24)22(28)20-11-6-17(3)31-20/h6-11H,4-5,12-16H2,1-3H3,(H,23,27). The van der Waals surface area contributed by atoms with E-state index in [1.807, 2.05) is 4.90 Å². The second-order valence-corrected chi connectivity index (χ2v) is 9.58. The van der Waals surface area contributed by atoms with Crippen molar-refractivity contribution in [3.05, 3.63) is 47.9 Å². The highest BCUT2D eigenvalue weighted by atomic mass is 32.2. The quantitative estimate of drug-likeness (QED) is 0.644. The Balaban J connectivity index is 1.49. The predicted molar refractivity (Wildman–Crippen MR) is 121 cm³/mol. The number of hydrogen-bond acceptors (Lipinski definition) is 6. The molecule has 2 heterocycles. The van der Waals surface area contributed by atoms with Gasteiger partial charge in [0.05, 0.1) is 11.4 Å². The molecule has 0 spiro atoms. The Labute approximate surface area is 189 Å². The third-order valence-electron chi connectivity index (χ3n) is 5.46. The minimum absolute atomic E-state index is 0.137. The number of amides is 2. The summed E-state index contributed by atoms with van der Waals surface area (Å²) in [7, 11) is -3.53. The SMILES string of the molecule is CCN(CC)S(=O)(=O)c1ccc(NC(=O)CN2CCN(C(=O)c3ccc(C)o3)CC2)cc1. The molecule has 174 valence electrons. The third kappa shape index (κ3) is 5.56. The molecule has 0 saturated carbocycles. The molecule has 1 aliphatic rings. The molecule has 1 aromatic carbocycles. The Kier molecular flexibility index (Phi) is 7.70. The second-order valence-electron chi connectivity index (χ2n) is 7.64. The van der Waals surface area contributed by atoms with Crippen LogP contribution >= 0.6 is 0 Å². The van der Waals surface area contributed by atoms with Crippen molar-refractivity contribution in [1.29, 1.82) is 0 Å². The van der Waals surface area contributed by atoms with Crippen LogP contribution in [0.4, 0.5) is 5.69 Å². The summed E-state index contributed by atoms with van der Waals surface area (Å²) in [5.74, 6) is 0.704. The van der Waals surface area contributed by atoms with E-state index in [4.69, 9.17) is 4.42 Å². The summed E-state index contributed by atoms with van der Waals surface area (Å²) in [6.45, 7) is 8.58. The molecule has 32 heavy (non-hydrogen) atoms. The number of sulfonamides is 1. The van der Waals surface area contributed by atoms with Crippen molar-refractivity contribution in [3.8, 4) is 0 Å². The number of nitrogens with one attached hydrogen (secondary N) is 1. The van der Waals surface area contributed by atoms with Gasteiger partial charge in [-0.15, -0.1) is 0 Å². The summed E-state index contributed by atoms with van der Waals surface area (Å²) >= 11 is 0. The fraction of sp³-hybridized carbons (Fsp3) is 0.455. The van der Waals surface area contributed by atoms with Gasteiger partial charge < -0.3 is 14.6 Å². The molecular formula is C22H30N4O5S. The Morgan fingerprint density at radius 3 is 2.16 bits per heavy atom. The average molecular weight is 463 g/mol. The molecule has 0 unspecified atom stereocenters. The number of nitrogens with zero attached hydrogens (tertiary/aromatic N) is 3. The van der Waals surface area contributed by atoms with Crippen molar-refractivity contribution in [2.45, 2.75) is 25.7 Å². The van der Waals surface area contributed by atoms with E-state index in [1.54, 1.807) is 49.9 Å². The van der Waals surface area contributed by atoms with E-state index in [0.717, 1.165) is 0 Å². The van der Waals surface area contributed by atoms with Crippen LogP contribution in [0.1, 0.15) is 30.2 Å². The minimum Gasteiger partial charge on any atom is -0.456 e. The highest BCUT2D eigenvalue weighted by molar-refractivity contribution is 7.89. The second kappa shape index (κ2) is 10.3. The van der Waals surface area contributed by atoms with Crippen LogP contribution in [0, 0.1) is 6.92 Å². The van der Waals surface area contributed by atoms with E-state index in [9.17, 15) is 18.0 Å². The van der Waals surface area contributed by atoms with Gasteiger partial charge >= 0.3 is 0 Å². The van der Waals surface area contributed by atoms with Gasteiger partial charge in [0.25, 0.3) is 5.91 Å². The number of aryl methyl sites for hydroxylation is 1. The van der Waals surface area contributed by atoms with Crippen LogP contribution in [0.2, 0.25) is 0 Å². The monoisotopic (exact) mass is 462 g/mol. The maximum absolute atomic E-state index is 12.6. The summed E-state index contributed by atoms with van der Waals surface area (Å²) in [6.07, 6.45) is 0. The van der Waals surface area contributed by atoms with Crippen LogP contribution in [0.5, 0.6) is 0 Å². The number of piperazine rings is 1. The minimum atomic E-state index is -3.53. The van der Waals surface area contributed by atoms with Gasteiger partial charge in [-0.1, -0.05) is 13.8 Å². The highest BCUT2D eigenvalue weighted by Crippen LogP contribution is 2.18. The van der Waals surface area contributed by atoms with Crippen molar-refractivity contribution in [2.24, 2.45) is 0 Å². The van der Waals surface area contributed by atoms with Crippen molar-refractivity contribution < 1.29 is 22.4 Å². The lowest BCUT2D eigenvalue weighted by molar-refractivity contribution is -0.117. The summed E-state index contributed by atoms with van der Waals surface area (Å²) in [4.78, 5) is 28.8. The number of anilines is 1. The molecular weight excluding hydrogens is 432 g/mol. The molecule has 10 heteroatoms. The molecule has 0 aliphatic carbocycles. The van der Waals surface area contributed by atoms with E-state index >= 15 is 0 Å². The Morgan fingerprint density at radius 1 is 1.00 bits per heavy atom. The van der Waals surface area contributed by atoms with Gasteiger partial charge in [0, 0.05) is 45.0 Å². The van der Waals surface area contributed by atoms with E-state index in [2.05, 4.69) is 5.32 Å². The van der Waals surface area contributed by atoms with E-state index < -0.39 is 10.0 Å². The number of furan rings is 1. The molecule has 1 aliphatic heterocycles. The zero-order chi connectivity index (χ0) is 23.3. The molecule has 2 aromatic rings. The fourth-order valence-corrected chi connectivity index (χ4v) is 5.10. The Morgan fingerprint density at radius 2 is 1.62 bits per heavy atom. The zero-order valence-electron chi connectivity index (χ0n) is 18.7. The van der Waals surface area contributed by atoms with Gasteiger partial charge in [-0.05, 0) is 43.3 Å². The highest BCUT2D eigenvalue weighted by Gasteiger charge is 2.25. The first kappa shape index (κ1) is 24.0. The number of carbonyl (C=O) groups excluding carboxylic acids is 2. The molecule has 1 fully saturated rings. The average Bonchev–Trinajstić information content (AvgIpc) is 3.21. The Hall–Kier alpha value is -2.69. The maximum Gasteiger partial charge on any atom is 0.289 e. The summed E-state index contributed by atoms with van der Waals surface area (Å²) in [6, 6.07) is 9.63. The van der Waals surface area contributed by atoms with Crippen molar-refractivity contribution in [1.82, 2.24) is 14.1 Å². The Bertz CT molecular complexity index is 1040. The molecule has 0 radical (unpaired) electrons. The third-order valence-corrected chi connectivity index (χ3v) is 7.52. The van der Waals surface area contributed by atoms with Crippen LogP contribution in [0.25, 0.3) is 0 Å². The first-order chi connectivity index (χ1) is 15.2. The van der Waals surface area contributed by atoms with Gasteiger partial charge in [0.2, 0.25) is 15.9 Å². The van der Waals surface area contributed by atoms with E-state index in [0.29, 0.717) is 56.5 Å². The normalized spacial score (nSPS) is 15.2. The van der Waals surface area contributed by atoms with Crippen molar-refractivity contribution >= 4 is 27.5 Å². The largest absolute Gasteiger partial charge is 0.456 e. The van der Waals surface area contributed by atoms with E-state index in [-0.39, 0.29) is 23.3 Å². The number of rotatable bonds is 8. The predicted octanol–water partition coefficient (Wildman–Crippen LogP) is 2.02. The fourth-order valence-electron chi connectivity index (χ4n) is 3.64. The van der Waals surface area contributed by atoms with Gasteiger partial charge in [-0.3, -0.25) is 14.5 Å². The topological polar surface area (TPSA) is 103 Å². The summed E-state index contributed by atoms with van der Waals surface area (Å²) < 4.78 is 31.9. The molecule has 1 N–H and O–H groups in total. The molecule has 9 nitrogen and oxygen atoms in total. The van der Waals surface area contributed by atoms with Gasteiger partial charge in [0.1, 0.15) is 5.76 Å². The first-order valence-electron chi connectivity index (χ1n) is 10.7. The zero-order valence-corrected chi connectivity index (χ0v) is 19.5. The van der Waals surface area contributed by atoms with Gasteiger partial charge in [-0.2, -0.15) is 4.31 Å². The smallest absolute Gasteiger partial charge is 0.289 e. The molecule has 1 aromatic heterocycles. The summed E-state index contributed by atoms with van der Waals surface area (Å²) in [5.41, 5.74) is 0.537. The lowest BCUT2D eigenvalue weighted by Crippen LogP contribution is -2.50. The lowest BCUT2D eigenvalue weighted by atomic mass is 10.2. The molecule has 3 rings (SSSR count). The maximum atomic E-state index is 12.6. The van der Waals surface area contributed by atoms with Crippen molar-refractivity contribution in [2.75, 3.05) is 51.1 Å². The van der Waals surface area contributed by atoms with Crippen LogP contribution in [0.15, 0.2) is 45.7 Å².